The van der Waals surface area contributed by atoms with Crippen LogP contribution in [0.5, 0.6) is 0 Å². The van der Waals surface area contributed by atoms with Crippen LogP contribution in [0.15, 0.2) is 53.0 Å². The van der Waals surface area contributed by atoms with Crippen LogP contribution < -0.4 is 10.6 Å². The van der Waals surface area contributed by atoms with E-state index in [0.29, 0.717) is 11.3 Å². The fourth-order valence-corrected chi connectivity index (χ4v) is 2.71. The molecule has 3 nitrogen and oxygen atoms in total. The van der Waals surface area contributed by atoms with E-state index in [4.69, 9.17) is 5.73 Å². The summed E-state index contributed by atoms with van der Waals surface area (Å²) in [6, 6.07) is 12.5. The van der Waals surface area contributed by atoms with Crippen LogP contribution >= 0.6 is 15.9 Å². The van der Waals surface area contributed by atoms with Crippen LogP contribution in [0.2, 0.25) is 0 Å². The van der Waals surface area contributed by atoms with Gasteiger partial charge in [-0.3, -0.25) is 4.79 Å². The Balaban J connectivity index is 2.00. The topological polar surface area (TPSA) is 46.3 Å². The maximum atomic E-state index is 13.9. The molecule has 1 saturated heterocycles. The van der Waals surface area contributed by atoms with E-state index in [1.54, 1.807) is 18.2 Å². The van der Waals surface area contributed by atoms with Crippen molar-refractivity contribution in [1.29, 1.82) is 0 Å². The quantitative estimate of drug-likeness (QED) is 0.858. The molecule has 0 unspecified atom stereocenters. The van der Waals surface area contributed by atoms with E-state index in [9.17, 15) is 9.18 Å². The Bertz CT molecular complexity index is 659. The average Bonchev–Trinajstić information content (AvgIpc) is 2.46. The molecule has 1 fully saturated rings. The number of amides is 1. The average molecular weight is 335 g/mol. The molecule has 5 heteroatoms. The molecule has 3 rings (SSSR count). The molecule has 0 spiro atoms. The summed E-state index contributed by atoms with van der Waals surface area (Å²) in [5.41, 5.74) is 7.02. The monoisotopic (exact) mass is 334 g/mol. The first-order valence-corrected chi connectivity index (χ1v) is 6.97. The number of carbonyl (C=O) groups is 1. The van der Waals surface area contributed by atoms with Crippen molar-refractivity contribution in [3.05, 3.63) is 64.4 Å². The van der Waals surface area contributed by atoms with E-state index in [1.165, 1.54) is 11.0 Å². The number of carbonyl (C=O) groups excluding carboxylic acids is 1. The fourth-order valence-electron chi connectivity index (χ4n) is 2.45. The van der Waals surface area contributed by atoms with Gasteiger partial charge in [-0.1, -0.05) is 34.1 Å². The van der Waals surface area contributed by atoms with Gasteiger partial charge in [0.25, 0.3) is 0 Å². The maximum absolute atomic E-state index is 13.9. The summed E-state index contributed by atoms with van der Waals surface area (Å²) >= 11 is 3.34. The minimum atomic E-state index is -0.699. The summed E-state index contributed by atoms with van der Waals surface area (Å²) < 4.78 is 14.8. The Hall–Kier alpha value is -1.72. The van der Waals surface area contributed by atoms with E-state index >= 15 is 0 Å². The molecule has 0 aromatic heterocycles. The summed E-state index contributed by atoms with van der Waals surface area (Å²) in [5, 5.41) is 0. The molecule has 0 saturated carbocycles. The van der Waals surface area contributed by atoms with Crippen LogP contribution in [0, 0.1) is 5.82 Å². The van der Waals surface area contributed by atoms with Gasteiger partial charge in [0.2, 0.25) is 5.91 Å². The molecule has 0 bridgehead atoms. The molecular weight excluding hydrogens is 323 g/mol. The van der Waals surface area contributed by atoms with E-state index in [0.717, 1.165) is 4.47 Å². The standard InChI is InChI=1S/C15H12BrFN2O/c16-9-5-7-10(8-6-9)19-14(13(18)15(19)20)11-3-1-2-4-12(11)17/h1-8,13-14H,18H2/t13-,14-/m0/s1. The van der Waals surface area contributed by atoms with Crippen LogP contribution in [0.4, 0.5) is 10.1 Å². The Kier molecular flexibility index (Phi) is 3.31. The highest BCUT2D eigenvalue weighted by Gasteiger charge is 2.47. The molecule has 2 N–H and O–H groups in total. The van der Waals surface area contributed by atoms with Gasteiger partial charge in [-0.15, -0.1) is 0 Å². The van der Waals surface area contributed by atoms with Crippen molar-refractivity contribution in [1.82, 2.24) is 0 Å². The SMILES string of the molecule is N[C@@H]1C(=O)N(c2ccc(Br)cc2)[C@H]1c1ccccc1F. The highest BCUT2D eigenvalue weighted by atomic mass is 79.9. The predicted octanol–water partition coefficient (Wildman–Crippen LogP) is 3.00. The third-order valence-electron chi connectivity index (χ3n) is 3.47. The minimum Gasteiger partial charge on any atom is -0.318 e. The smallest absolute Gasteiger partial charge is 0.247 e. The number of benzene rings is 2. The second kappa shape index (κ2) is 5.00. The third kappa shape index (κ3) is 2.03. The summed E-state index contributed by atoms with van der Waals surface area (Å²) in [6.45, 7) is 0. The zero-order valence-electron chi connectivity index (χ0n) is 10.5. The summed E-state index contributed by atoms with van der Waals surface area (Å²) in [6.07, 6.45) is 0. The molecular formula is C15H12BrFN2O. The highest BCUT2D eigenvalue weighted by molar-refractivity contribution is 9.10. The molecule has 2 aromatic carbocycles. The van der Waals surface area contributed by atoms with Crippen molar-refractivity contribution < 1.29 is 9.18 Å². The van der Waals surface area contributed by atoms with Crippen LogP contribution in [0.1, 0.15) is 11.6 Å². The van der Waals surface area contributed by atoms with Crippen molar-refractivity contribution >= 4 is 27.5 Å². The number of hydrogen-bond acceptors (Lipinski definition) is 2. The first kappa shape index (κ1) is 13.3. The molecule has 2 aromatic rings. The predicted molar refractivity (Wildman–Crippen MR) is 78.7 cm³/mol. The van der Waals surface area contributed by atoms with Gasteiger partial charge in [0, 0.05) is 15.7 Å². The number of hydrogen-bond donors (Lipinski definition) is 1. The second-order valence-corrected chi connectivity index (χ2v) is 5.59. The van der Waals surface area contributed by atoms with Crippen molar-refractivity contribution in [2.75, 3.05) is 4.90 Å². The Morgan fingerprint density at radius 1 is 1.10 bits per heavy atom. The van der Waals surface area contributed by atoms with E-state index in [1.807, 2.05) is 24.3 Å². The number of nitrogens with zero attached hydrogens (tertiary/aromatic N) is 1. The molecule has 0 radical (unpaired) electrons. The van der Waals surface area contributed by atoms with E-state index in [-0.39, 0.29) is 11.7 Å². The Morgan fingerprint density at radius 2 is 1.75 bits per heavy atom. The maximum Gasteiger partial charge on any atom is 0.247 e. The largest absolute Gasteiger partial charge is 0.318 e. The minimum absolute atomic E-state index is 0.194. The van der Waals surface area contributed by atoms with Gasteiger partial charge in [-0.25, -0.2) is 4.39 Å². The van der Waals surface area contributed by atoms with E-state index < -0.39 is 12.1 Å². The molecule has 102 valence electrons. The van der Waals surface area contributed by atoms with Crippen molar-refractivity contribution in [3.8, 4) is 0 Å². The van der Waals surface area contributed by atoms with Gasteiger partial charge in [-0.05, 0) is 30.3 Å². The van der Waals surface area contributed by atoms with Crippen molar-refractivity contribution in [2.24, 2.45) is 5.73 Å². The lowest BCUT2D eigenvalue weighted by Gasteiger charge is -2.45. The third-order valence-corrected chi connectivity index (χ3v) is 4.00. The summed E-state index contributed by atoms with van der Waals surface area (Å²) in [7, 11) is 0. The number of halogens is 2. The van der Waals surface area contributed by atoms with Crippen molar-refractivity contribution in [3.63, 3.8) is 0 Å². The number of nitrogens with two attached hydrogens (primary N) is 1. The van der Waals surface area contributed by atoms with Gasteiger partial charge in [0.15, 0.2) is 0 Å². The molecule has 2 atom stereocenters. The van der Waals surface area contributed by atoms with Crippen LogP contribution in [-0.4, -0.2) is 11.9 Å². The summed E-state index contributed by atoms with van der Waals surface area (Å²) in [5.74, 6) is -0.539. The van der Waals surface area contributed by atoms with Crippen LogP contribution in [0.25, 0.3) is 0 Å². The lowest BCUT2D eigenvalue weighted by Crippen LogP contribution is -2.63. The van der Waals surface area contributed by atoms with Gasteiger partial charge in [-0.2, -0.15) is 0 Å². The molecule has 1 aliphatic heterocycles. The van der Waals surface area contributed by atoms with Gasteiger partial charge in [0.1, 0.15) is 11.9 Å². The molecule has 1 heterocycles. The first-order valence-electron chi connectivity index (χ1n) is 6.18. The van der Waals surface area contributed by atoms with Crippen molar-refractivity contribution in [2.45, 2.75) is 12.1 Å². The van der Waals surface area contributed by atoms with E-state index in [2.05, 4.69) is 15.9 Å². The molecule has 1 aliphatic rings. The number of anilines is 1. The highest BCUT2D eigenvalue weighted by Crippen LogP contribution is 2.39. The lowest BCUT2D eigenvalue weighted by atomic mass is 9.88. The van der Waals surface area contributed by atoms with Crippen LogP contribution in [-0.2, 0) is 4.79 Å². The van der Waals surface area contributed by atoms with Gasteiger partial charge >= 0.3 is 0 Å². The second-order valence-electron chi connectivity index (χ2n) is 4.68. The number of β-lactam (4-membered cyclic amide) rings is 1. The normalized spacial score (nSPS) is 21.8. The van der Waals surface area contributed by atoms with Gasteiger partial charge in [0.05, 0.1) is 6.04 Å². The lowest BCUT2D eigenvalue weighted by molar-refractivity contribution is -0.126. The Morgan fingerprint density at radius 3 is 2.40 bits per heavy atom. The number of rotatable bonds is 2. The van der Waals surface area contributed by atoms with Gasteiger partial charge < -0.3 is 10.6 Å². The first-order chi connectivity index (χ1) is 9.59. The molecule has 20 heavy (non-hydrogen) atoms. The molecule has 1 amide bonds. The van der Waals surface area contributed by atoms with Crippen LogP contribution in [0.3, 0.4) is 0 Å². The zero-order chi connectivity index (χ0) is 14.3. The fraction of sp³-hybridized carbons (Fsp3) is 0.133. The Labute approximate surface area is 124 Å². The summed E-state index contributed by atoms with van der Waals surface area (Å²) in [4.78, 5) is 13.5. The zero-order valence-corrected chi connectivity index (χ0v) is 12.0. The molecule has 0 aliphatic carbocycles.